The summed E-state index contributed by atoms with van der Waals surface area (Å²) in [5.41, 5.74) is 1.67. The van der Waals surface area contributed by atoms with Crippen LogP contribution >= 0.6 is 23.4 Å². The highest BCUT2D eigenvalue weighted by atomic mass is 35.5. The van der Waals surface area contributed by atoms with Gasteiger partial charge in [0, 0.05) is 7.05 Å². The third-order valence-corrected chi connectivity index (χ3v) is 3.39. The molecule has 0 saturated heterocycles. The molecule has 8 heteroatoms. The summed E-state index contributed by atoms with van der Waals surface area (Å²) in [7, 11) is 1.75. The molecule has 0 aliphatic rings. The molecular formula is C8H9ClN6S. The Kier molecular flexibility index (Phi) is 3.06. The fraction of sp³-hybridized carbons (Fsp3) is 0.375. The molecule has 16 heavy (non-hydrogen) atoms. The van der Waals surface area contributed by atoms with Crippen molar-refractivity contribution in [2.45, 2.75) is 24.0 Å². The minimum absolute atomic E-state index is 0.371. The van der Waals surface area contributed by atoms with Crippen LogP contribution in [0.3, 0.4) is 0 Å². The summed E-state index contributed by atoms with van der Waals surface area (Å²) in [4.78, 5) is 8.54. The predicted molar refractivity (Wildman–Crippen MR) is 59.4 cm³/mol. The first-order chi connectivity index (χ1) is 7.58. The van der Waals surface area contributed by atoms with Crippen LogP contribution in [-0.2, 0) is 7.05 Å². The van der Waals surface area contributed by atoms with Gasteiger partial charge in [0.25, 0.3) is 0 Å². The lowest BCUT2D eigenvalue weighted by Crippen LogP contribution is -1.97. The van der Waals surface area contributed by atoms with E-state index in [1.165, 1.54) is 11.8 Å². The molecule has 0 fully saturated rings. The summed E-state index contributed by atoms with van der Waals surface area (Å²) in [6.45, 7) is 3.75. The standard InChI is InChI=1S/C8H9ClN6S/c1-4-5(2)11-7(6(9)10-4)16-8-12-13-14-15(8)3/h1-3H3. The molecule has 0 spiro atoms. The molecule has 2 rings (SSSR count). The van der Waals surface area contributed by atoms with Crippen molar-refractivity contribution in [1.82, 2.24) is 30.2 Å². The monoisotopic (exact) mass is 256 g/mol. The summed E-state index contributed by atoms with van der Waals surface area (Å²) in [6, 6.07) is 0. The zero-order valence-corrected chi connectivity index (χ0v) is 10.5. The fourth-order valence-corrected chi connectivity index (χ4v) is 2.03. The van der Waals surface area contributed by atoms with Gasteiger partial charge in [-0.25, -0.2) is 14.6 Å². The Balaban J connectivity index is 2.35. The predicted octanol–water partition coefficient (Wildman–Crippen LogP) is 1.42. The first-order valence-corrected chi connectivity index (χ1v) is 5.68. The van der Waals surface area contributed by atoms with Crippen molar-refractivity contribution in [3.63, 3.8) is 0 Å². The van der Waals surface area contributed by atoms with E-state index in [4.69, 9.17) is 11.6 Å². The van der Waals surface area contributed by atoms with Crippen LogP contribution in [0.15, 0.2) is 10.2 Å². The van der Waals surface area contributed by atoms with Crippen molar-refractivity contribution in [3.8, 4) is 0 Å². The zero-order chi connectivity index (χ0) is 11.7. The summed E-state index contributed by atoms with van der Waals surface area (Å²) < 4.78 is 1.55. The molecular weight excluding hydrogens is 248 g/mol. The second-order valence-corrected chi connectivity index (χ2v) is 4.49. The molecule has 0 aliphatic heterocycles. The largest absolute Gasteiger partial charge is 0.241 e. The number of aryl methyl sites for hydroxylation is 3. The number of hydrogen-bond acceptors (Lipinski definition) is 6. The summed E-state index contributed by atoms with van der Waals surface area (Å²) in [5.74, 6) is 0. The minimum atomic E-state index is 0.371. The van der Waals surface area contributed by atoms with E-state index in [0.29, 0.717) is 15.3 Å². The maximum Gasteiger partial charge on any atom is 0.215 e. The Morgan fingerprint density at radius 1 is 1.19 bits per heavy atom. The van der Waals surface area contributed by atoms with Crippen LogP contribution in [0.4, 0.5) is 0 Å². The average Bonchev–Trinajstić information content (AvgIpc) is 2.61. The van der Waals surface area contributed by atoms with E-state index in [0.717, 1.165) is 11.4 Å². The minimum Gasteiger partial charge on any atom is -0.241 e. The molecule has 0 amide bonds. The van der Waals surface area contributed by atoms with Crippen molar-refractivity contribution in [2.24, 2.45) is 7.05 Å². The molecule has 0 N–H and O–H groups in total. The Morgan fingerprint density at radius 2 is 1.88 bits per heavy atom. The van der Waals surface area contributed by atoms with E-state index in [9.17, 15) is 0 Å². The Morgan fingerprint density at radius 3 is 2.50 bits per heavy atom. The molecule has 6 nitrogen and oxygen atoms in total. The first-order valence-electron chi connectivity index (χ1n) is 4.49. The van der Waals surface area contributed by atoms with Crippen LogP contribution in [0.5, 0.6) is 0 Å². The maximum absolute atomic E-state index is 6.00. The topological polar surface area (TPSA) is 69.4 Å². The van der Waals surface area contributed by atoms with Crippen molar-refractivity contribution >= 4 is 23.4 Å². The highest BCUT2D eigenvalue weighted by molar-refractivity contribution is 7.99. The van der Waals surface area contributed by atoms with Crippen molar-refractivity contribution in [2.75, 3.05) is 0 Å². The van der Waals surface area contributed by atoms with Crippen molar-refractivity contribution in [3.05, 3.63) is 16.5 Å². The average molecular weight is 257 g/mol. The van der Waals surface area contributed by atoms with Gasteiger partial charge in [0.05, 0.1) is 11.4 Å². The van der Waals surface area contributed by atoms with Crippen molar-refractivity contribution < 1.29 is 0 Å². The molecule has 0 aromatic carbocycles. The lowest BCUT2D eigenvalue weighted by Gasteiger charge is -2.04. The molecule has 0 aliphatic carbocycles. The molecule has 0 unspecified atom stereocenters. The van der Waals surface area contributed by atoms with Gasteiger partial charge in [0.1, 0.15) is 5.03 Å². The third kappa shape index (κ3) is 2.14. The van der Waals surface area contributed by atoms with Gasteiger partial charge in [-0.3, -0.25) is 0 Å². The number of aromatic nitrogens is 6. The van der Waals surface area contributed by atoms with Crippen LogP contribution in [0, 0.1) is 13.8 Å². The van der Waals surface area contributed by atoms with Gasteiger partial charge in [-0.1, -0.05) is 11.6 Å². The van der Waals surface area contributed by atoms with E-state index < -0.39 is 0 Å². The number of hydrogen-bond donors (Lipinski definition) is 0. The zero-order valence-electron chi connectivity index (χ0n) is 8.97. The van der Waals surface area contributed by atoms with E-state index >= 15 is 0 Å². The molecule has 0 radical (unpaired) electrons. The third-order valence-electron chi connectivity index (χ3n) is 2.00. The molecule has 0 bridgehead atoms. The van der Waals surface area contributed by atoms with Crippen molar-refractivity contribution in [1.29, 1.82) is 0 Å². The van der Waals surface area contributed by atoms with E-state index in [-0.39, 0.29) is 0 Å². The van der Waals surface area contributed by atoms with Gasteiger partial charge in [0.15, 0.2) is 5.15 Å². The quantitative estimate of drug-likeness (QED) is 0.809. The van der Waals surface area contributed by atoms with E-state index in [2.05, 4.69) is 25.5 Å². The number of halogens is 1. The number of rotatable bonds is 2. The first kappa shape index (κ1) is 11.3. The maximum atomic E-state index is 6.00. The molecule has 0 atom stereocenters. The van der Waals surface area contributed by atoms with Gasteiger partial charge < -0.3 is 0 Å². The molecule has 2 aromatic rings. The summed E-state index contributed by atoms with van der Waals surface area (Å²) in [6.07, 6.45) is 0. The summed E-state index contributed by atoms with van der Waals surface area (Å²) >= 11 is 7.29. The normalized spacial score (nSPS) is 10.8. The van der Waals surface area contributed by atoms with Gasteiger partial charge >= 0.3 is 0 Å². The molecule has 84 valence electrons. The smallest absolute Gasteiger partial charge is 0.215 e. The number of nitrogens with zero attached hydrogens (tertiary/aromatic N) is 6. The molecule has 0 saturated carbocycles. The highest BCUT2D eigenvalue weighted by Crippen LogP contribution is 2.28. The van der Waals surface area contributed by atoms with Crippen LogP contribution in [0.2, 0.25) is 5.15 Å². The second-order valence-electron chi connectivity index (χ2n) is 3.18. The lowest BCUT2D eigenvalue weighted by atomic mass is 10.4. The van der Waals surface area contributed by atoms with Gasteiger partial charge in [-0.05, 0) is 36.0 Å². The van der Waals surface area contributed by atoms with E-state index in [1.807, 2.05) is 13.8 Å². The second kappa shape index (κ2) is 4.34. The Bertz CT molecular complexity index is 525. The fourth-order valence-electron chi connectivity index (χ4n) is 1.01. The van der Waals surface area contributed by atoms with Gasteiger partial charge in [-0.2, -0.15) is 0 Å². The van der Waals surface area contributed by atoms with Gasteiger partial charge in [0.2, 0.25) is 5.16 Å². The highest BCUT2D eigenvalue weighted by Gasteiger charge is 2.12. The Labute approximate surface area is 101 Å². The van der Waals surface area contributed by atoms with Gasteiger partial charge in [-0.15, -0.1) is 5.10 Å². The number of tetrazole rings is 1. The van der Waals surface area contributed by atoms with Crippen LogP contribution < -0.4 is 0 Å². The SMILES string of the molecule is Cc1nc(Cl)c(Sc2nnnn2C)nc1C. The van der Waals surface area contributed by atoms with Crippen LogP contribution in [0.1, 0.15) is 11.4 Å². The summed E-state index contributed by atoms with van der Waals surface area (Å²) in [5, 5.41) is 12.7. The van der Waals surface area contributed by atoms with Crippen LogP contribution in [0.25, 0.3) is 0 Å². The van der Waals surface area contributed by atoms with E-state index in [1.54, 1.807) is 11.7 Å². The van der Waals surface area contributed by atoms with Crippen LogP contribution in [-0.4, -0.2) is 30.2 Å². The molecule has 2 heterocycles. The lowest BCUT2D eigenvalue weighted by molar-refractivity contribution is 0.664. The molecule has 2 aromatic heterocycles. The Hall–Kier alpha value is -1.21.